The molecule has 6 nitrogen and oxygen atoms in total. The van der Waals surface area contributed by atoms with Crippen LogP contribution in [0, 0.1) is 4.77 Å². The maximum Gasteiger partial charge on any atom is 0.216 e. The third-order valence-corrected chi connectivity index (χ3v) is 4.63. The minimum atomic E-state index is 0.0680. The van der Waals surface area contributed by atoms with E-state index in [0.29, 0.717) is 16.2 Å². The zero-order chi connectivity index (χ0) is 20.4. The Morgan fingerprint density at radius 1 is 1.14 bits per heavy atom. The molecule has 0 aliphatic heterocycles. The van der Waals surface area contributed by atoms with E-state index in [1.54, 1.807) is 12.3 Å². The molecule has 4 aromatic rings. The zero-order valence-electron chi connectivity index (χ0n) is 16.0. The van der Waals surface area contributed by atoms with Crippen molar-refractivity contribution in [3.8, 4) is 22.9 Å². The number of hydrogen-bond acceptors (Lipinski definition) is 5. The van der Waals surface area contributed by atoms with Crippen molar-refractivity contribution in [2.24, 2.45) is 5.10 Å². The molecular formula is C22H20N4O2S. The fraction of sp³-hybridized carbons (Fsp3) is 0.136. The van der Waals surface area contributed by atoms with Crippen LogP contribution in [0.15, 0.2) is 65.8 Å². The number of hydrogen-bond donors (Lipinski definition) is 2. The van der Waals surface area contributed by atoms with Gasteiger partial charge in [-0.2, -0.15) is 14.9 Å². The SMILES string of the molecule is CC(C)Oc1cccc(-c2n[nH]c(=S)n2/N=C/c2c(O)ccc3ccccc23)c1. The normalized spacial score (nSPS) is 11.6. The summed E-state index contributed by atoms with van der Waals surface area (Å²) in [5.74, 6) is 1.45. The van der Waals surface area contributed by atoms with Crippen molar-refractivity contribution < 1.29 is 9.84 Å². The Labute approximate surface area is 173 Å². The number of ether oxygens (including phenoxy) is 1. The summed E-state index contributed by atoms with van der Waals surface area (Å²) in [6.07, 6.45) is 1.67. The van der Waals surface area contributed by atoms with Crippen LogP contribution >= 0.6 is 12.2 Å². The highest BCUT2D eigenvalue weighted by Crippen LogP contribution is 2.26. The van der Waals surface area contributed by atoms with Crippen LogP contribution in [-0.2, 0) is 0 Å². The number of nitrogens with zero attached hydrogens (tertiary/aromatic N) is 3. The summed E-state index contributed by atoms with van der Waals surface area (Å²) >= 11 is 5.36. The van der Waals surface area contributed by atoms with Crippen molar-refractivity contribution in [1.82, 2.24) is 14.9 Å². The van der Waals surface area contributed by atoms with Crippen LogP contribution < -0.4 is 4.74 Å². The van der Waals surface area contributed by atoms with Gasteiger partial charge in [-0.25, -0.2) is 5.10 Å². The second kappa shape index (κ2) is 7.89. The van der Waals surface area contributed by atoms with Crippen LogP contribution in [0.5, 0.6) is 11.5 Å². The maximum atomic E-state index is 10.3. The van der Waals surface area contributed by atoms with E-state index in [1.807, 2.05) is 68.4 Å². The van der Waals surface area contributed by atoms with E-state index in [0.717, 1.165) is 22.1 Å². The molecule has 0 aliphatic rings. The van der Waals surface area contributed by atoms with Crippen molar-refractivity contribution in [1.29, 1.82) is 0 Å². The van der Waals surface area contributed by atoms with Gasteiger partial charge in [-0.1, -0.05) is 42.5 Å². The molecule has 0 saturated carbocycles. The summed E-state index contributed by atoms with van der Waals surface area (Å²) in [4.78, 5) is 0. The van der Waals surface area contributed by atoms with Gasteiger partial charge in [-0.15, -0.1) is 0 Å². The lowest BCUT2D eigenvalue weighted by atomic mass is 10.0. The molecule has 7 heteroatoms. The fourth-order valence-corrected chi connectivity index (χ4v) is 3.28. The van der Waals surface area contributed by atoms with Crippen molar-refractivity contribution in [2.45, 2.75) is 20.0 Å². The Hall–Kier alpha value is -3.45. The van der Waals surface area contributed by atoms with Gasteiger partial charge in [0.15, 0.2) is 5.82 Å². The first kappa shape index (κ1) is 18.9. The van der Waals surface area contributed by atoms with Gasteiger partial charge in [0.25, 0.3) is 0 Å². The smallest absolute Gasteiger partial charge is 0.216 e. The van der Waals surface area contributed by atoms with E-state index in [9.17, 15) is 5.11 Å². The molecule has 146 valence electrons. The Kier molecular flexibility index (Phi) is 5.14. The highest BCUT2D eigenvalue weighted by molar-refractivity contribution is 7.71. The van der Waals surface area contributed by atoms with Crippen molar-refractivity contribution in [2.75, 3.05) is 0 Å². The first-order valence-electron chi connectivity index (χ1n) is 9.22. The summed E-state index contributed by atoms with van der Waals surface area (Å²) in [5.41, 5.74) is 1.43. The van der Waals surface area contributed by atoms with E-state index in [1.165, 1.54) is 4.68 Å². The first-order chi connectivity index (χ1) is 14.0. The van der Waals surface area contributed by atoms with Gasteiger partial charge in [0, 0.05) is 11.1 Å². The van der Waals surface area contributed by atoms with Crippen molar-refractivity contribution >= 4 is 29.2 Å². The molecule has 0 saturated heterocycles. The summed E-state index contributed by atoms with van der Waals surface area (Å²) in [6.45, 7) is 3.95. The lowest BCUT2D eigenvalue weighted by Gasteiger charge is -2.10. The van der Waals surface area contributed by atoms with Gasteiger partial charge >= 0.3 is 0 Å². The molecule has 0 unspecified atom stereocenters. The molecule has 0 amide bonds. The van der Waals surface area contributed by atoms with Crippen molar-refractivity contribution in [3.63, 3.8) is 0 Å². The Bertz CT molecular complexity index is 1260. The fourth-order valence-electron chi connectivity index (χ4n) is 3.10. The number of aromatic nitrogens is 3. The summed E-state index contributed by atoms with van der Waals surface area (Å²) in [5, 5.41) is 23.9. The number of phenolic OH excluding ortho intramolecular Hbond substituents is 1. The second-order valence-electron chi connectivity index (χ2n) is 6.82. The number of fused-ring (bicyclic) bond motifs is 1. The van der Waals surface area contributed by atoms with Crippen LogP contribution in [0.1, 0.15) is 19.4 Å². The number of nitrogens with one attached hydrogen (secondary N) is 1. The van der Waals surface area contributed by atoms with Crippen molar-refractivity contribution in [3.05, 3.63) is 71.0 Å². The predicted molar refractivity (Wildman–Crippen MR) is 117 cm³/mol. The predicted octanol–water partition coefficient (Wildman–Crippen LogP) is 5.14. The molecular weight excluding hydrogens is 384 g/mol. The van der Waals surface area contributed by atoms with Crippen LogP contribution in [0.25, 0.3) is 22.2 Å². The monoisotopic (exact) mass is 404 g/mol. The zero-order valence-corrected chi connectivity index (χ0v) is 16.9. The molecule has 2 N–H and O–H groups in total. The molecule has 1 aromatic heterocycles. The average molecular weight is 404 g/mol. The second-order valence-corrected chi connectivity index (χ2v) is 7.21. The van der Waals surface area contributed by atoms with E-state index >= 15 is 0 Å². The third kappa shape index (κ3) is 3.90. The number of aromatic hydroxyl groups is 1. The lowest BCUT2D eigenvalue weighted by molar-refractivity contribution is 0.242. The van der Waals surface area contributed by atoms with E-state index in [2.05, 4.69) is 15.3 Å². The molecule has 0 atom stereocenters. The Morgan fingerprint density at radius 2 is 1.97 bits per heavy atom. The van der Waals surface area contributed by atoms with Crippen LogP contribution in [0.2, 0.25) is 0 Å². The van der Waals surface area contributed by atoms with Gasteiger partial charge in [-0.05, 0) is 55.0 Å². The lowest BCUT2D eigenvalue weighted by Crippen LogP contribution is -2.05. The standard InChI is InChI=1S/C22H20N4O2S/c1-14(2)28-17-8-5-7-16(12-17)21-24-25-22(29)26(21)23-13-19-18-9-4-3-6-15(18)10-11-20(19)27/h3-14,27H,1-2H3,(H,25,29)/b23-13+. The third-order valence-electron chi connectivity index (χ3n) is 4.36. The van der Waals surface area contributed by atoms with E-state index in [-0.39, 0.29) is 11.9 Å². The summed E-state index contributed by atoms with van der Waals surface area (Å²) < 4.78 is 7.66. The highest BCUT2D eigenvalue weighted by Gasteiger charge is 2.11. The average Bonchev–Trinajstić information content (AvgIpc) is 3.07. The van der Waals surface area contributed by atoms with E-state index in [4.69, 9.17) is 17.0 Å². The molecule has 1 heterocycles. The van der Waals surface area contributed by atoms with Gasteiger partial charge in [0.2, 0.25) is 4.77 Å². The maximum absolute atomic E-state index is 10.3. The number of H-pyrrole nitrogens is 1. The largest absolute Gasteiger partial charge is 0.507 e. The van der Waals surface area contributed by atoms with E-state index < -0.39 is 0 Å². The Balaban J connectivity index is 1.77. The number of rotatable bonds is 5. The number of benzene rings is 3. The van der Waals surface area contributed by atoms with Crippen LogP contribution in [-0.4, -0.2) is 32.3 Å². The van der Waals surface area contributed by atoms with Gasteiger partial charge < -0.3 is 9.84 Å². The molecule has 29 heavy (non-hydrogen) atoms. The summed E-state index contributed by atoms with van der Waals surface area (Å²) in [7, 11) is 0. The molecule has 0 fully saturated rings. The molecule has 3 aromatic carbocycles. The van der Waals surface area contributed by atoms with Gasteiger partial charge in [-0.3, -0.25) is 0 Å². The molecule has 0 aliphatic carbocycles. The topological polar surface area (TPSA) is 75.4 Å². The highest BCUT2D eigenvalue weighted by atomic mass is 32.1. The molecule has 0 bridgehead atoms. The number of aromatic amines is 1. The minimum Gasteiger partial charge on any atom is -0.507 e. The molecule has 4 rings (SSSR count). The quantitative estimate of drug-likeness (QED) is 0.357. The van der Waals surface area contributed by atoms with Gasteiger partial charge in [0.1, 0.15) is 11.5 Å². The minimum absolute atomic E-state index is 0.0680. The number of phenols is 1. The Morgan fingerprint density at radius 3 is 2.79 bits per heavy atom. The van der Waals surface area contributed by atoms with Crippen LogP contribution in [0.3, 0.4) is 0 Å². The first-order valence-corrected chi connectivity index (χ1v) is 9.63. The van der Waals surface area contributed by atoms with Gasteiger partial charge in [0.05, 0.1) is 12.3 Å². The molecule has 0 radical (unpaired) electrons. The van der Waals surface area contributed by atoms with Crippen LogP contribution in [0.4, 0.5) is 0 Å². The summed E-state index contributed by atoms with van der Waals surface area (Å²) in [6, 6.07) is 18.9. The molecule has 0 spiro atoms.